The molecule has 0 bridgehead atoms. The van der Waals surface area contributed by atoms with E-state index in [1.54, 1.807) is 0 Å². The lowest BCUT2D eigenvalue weighted by atomic mass is 9.78. The molecule has 1 unspecified atom stereocenters. The van der Waals surface area contributed by atoms with Crippen molar-refractivity contribution in [2.75, 3.05) is 10.7 Å². The van der Waals surface area contributed by atoms with Crippen LogP contribution >= 0.6 is 31.9 Å². The Hall–Kier alpha value is -0.0200. The Balaban J connectivity index is 2.04. The molecule has 1 aliphatic heterocycles. The van der Waals surface area contributed by atoms with Crippen molar-refractivity contribution < 1.29 is 4.74 Å². The van der Waals surface area contributed by atoms with Gasteiger partial charge in [0.1, 0.15) is 11.9 Å². The van der Waals surface area contributed by atoms with Gasteiger partial charge < -0.3 is 4.74 Å². The van der Waals surface area contributed by atoms with E-state index < -0.39 is 0 Å². The summed E-state index contributed by atoms with van der Waals surface area (Å²) in [5.41, 5.74) is 1.65. The summed E-state index contributed by atoms with van der Waals surface area (Å²) >= 11 is 7.44. The Bertz CT molecular complexity index is 388. The minimum absolute atomic E-state index is 0.293. The van der Waals surface area contributed by atoms with Crippen molar-refractivity contribution in [2.45, 2.75) is 39.2 Å². The Labute approximate surface area is 133 Å². The number of alkyl halides is 2. The Kier molecular flexibility index (Phi) is 5.36. The number of benzene rings is 1. The summed E-state index contributed by atoms with van der Waals surface area (Å²) in [7, 11) is 0. The molecule has 106 valence electrons. The summed E-state index contributed by atoms with van der Waals surface area (Å²) in [4.78, 5) is 0. The molecule has 0 amide bonds. The maximum absolute atomic E-state index is 6.11. The van der Waals surface area contributed by atoms with E-state index >= 15 is 0 Å². The Morgan fingerprint density at radius 1 is 1.26 bits per heavy atom. The Morgan fingerprint density at radius 3 is 2.53 bits per heavy atom. The van der Waals surface area contributed by atoms with Gasteiger partial charge >= 0.3 is 0 Å². The molecule has 3 heteroatoms. The molecule has 0 fully saturated rings. The molecule has 0 aliphatic carbocycles. The molecule has 0 saturated heterocycles. The van der Waals surface area contributed by atoms with Crippen molar-refractivity contribution in [1.29, 1.82) is 0 Å². The van der Waals surface area contributed by atoms with Crippen molar-refractivity contribution in [3.63, 3.8) is 0 Å². The van der Waals surface area contributed by atoms with Crippen LogP contribution in [0.15, 0.2) is 24.3 Å². The van der Waals surface area contributed by atoms with Crippen molar-refractivity contribution >= 4 is 31.9 Å². The predicted molar refractivity (Wildman–Crippen MR) is 88.7 cm³/mol. The monoisotopic (exact) mass is 388 g/mol. The summed E-state index contributed by atoms with van der Waals surface area (Å²) < 4.78 is 6.11. The molecule has 0 radical (unpaired) electrons. The number of rotatable bonds is 6. The molecule has 0 N–H and O–H groups in total. The number of hydrogen-bond acceptors (Lipinski definition) is 1. The summed E-state index contributed by atoms with van der Waals surface area (Å²) in [6, 6.07) is 8.42. The lowest BCUT2D eigenvalue weighted by molar-refractivity contribution is 0.148. The van der Waals surface area contributed by atoms with Gasteiger partial charge in [-0.05, 0) is 35.8 Å². The molecule has 0 aromatic heterocycles. The molecule has 0 saturated carbocycles. The van der Waals surface area contributed by atoms with Crippen molar-refractivity contribution in [1.82, 2.24) is 0 Å². The van der Waals surface area contributed by atoms with E-state index in [-0.39, 0.29) is 0 Å². The highest BCUT2D eigenvalue weighted by Gasteiger charge is 2.35. The van der Waals surface area contributed by atoms with Crippen LogP contribution in [-0.4, -0.2) is 16.8 Å². The van der Waals surface area contributed by atoms with Crippen LogP contribution < -0.4 is 4.74 Å². The third-order valence-electron chi connectivity index (χ3n) is 3.78. The molecule has 1 nitrogen and oxygen atoms in total. The molecule has 2 rings (SSSR count). The topological polar surface area (TPSA) is 9.23 Å². The SMILES string of the molecule is CC(C)CC(CBr)(CBr)CC1Cc2ccccc2O1. The molecule has 1 aromatic rings. The fraction of sp³-hybridized carbons (Fsp3) is 0.625. The lowest BCUT2D eigenvalue weighted by Gasteiger charge is -2.34. The van der Waals surface area contributed by atoms with Gasteiger partial charge in [0.05, 0.1) is 0 Å². The van der Waals surface area contributed by atoms with Crippen LogP contribution in [0.25, 0.3) is 0 Å². The van der Waals surface area contributed by atoms with Crippen LogP contribution in [0, 0.1) is 11.3 Å². The van der Waals surface area contributed by atoms with Crippen molar-refractivity contribution in [3.8, 4) is 5.75 Å². The first-order valence-electron chi connectivity index (χ1n) is 6.95. The summed E-state index contributed by atoms with van der Waals surface area (Å²) in [6.07, 6.45) is 3.71. The van der Waals surface area contributed by atoms with E-state index in [9.17, 15) is 0 Å². The van der Waals surface area contributed by atoms with Crippen LogP contribution in [0.1, 0.15) is 32.3 Å². The van der Waals surface area contributed by atoms with Gasteiger partial charge in [0.25, 0.3) is 0 Å². The van der Waals surface area contributed by atoms with Gasteiger partial charge in [-0.3, -0.25) is 0 Å². The van der Waals surface area contributed by atoms with E-state index in [0.29, 0.717) is 17.4 Å². The van der Waals surface area contributed by atoms with E-state index in [1.165, 1.54) is 12.0 Å². The second kappa shape index (κ2) is 6.62. The zero-order valence-electron chi connectivity index (χ0n) is 11.7. The maximum atomic E-state index is 6.11. The molecule has 1 aromatic carbocycles. The normalized spacial score (nSPS) is 18.5. The fourth-order valence-corrected chi connectivity index (χ4v) is 4.90. The average molecular weight is 390 g/mol. The first-order valence-corrected chi connectivity index (χ1v) is 9.19. The van der Waals surface area contributed by atoms with E-state index in [1.807, 2.05) is 0 Å². The lowest BCUT2D eigenvalue weighted by Crippen LogP contribution is -2.33. The largest absolute Gasteiger partial charge is 0.490 e. The number of ether oxygens (including phenoxy) is 1. The van der Waals surface area contributed by atoms with Crippen LogP contribution in [0.4, 0.5) is 0 Å². The van der Waals surface area contributed by atoms with Crippen LogP contribution in [-0.2, 0) is 6.42 Å². The minimum Gasteiger partial charge on any atom is -0.490 e. The first-order chi connectivity index (χ1) is 9.08. The number of fused-ring (bicyclic) bond motifs is 1. The average Bonchev–Trinajstić information content (AvgIpc) is 2.79. The standard InChI is InChI=1S/C16H22Br2O/c1-12(2)8-16(10-17,11-18)9-14-7-13-5-3-4-6-15(13)19-14/h3-6,12,14H,7-11H2,1-2H3. The second-order valence-corrected chi connectivity index (χ2v) is 7.24. The third-order valence-corrected chi connectivity index (χ3v) is 6.16. The van der Waals surface area contributed by atoms with Gasteiger partial charge in [-0.25, -0.2) is 0 Å². The number of hydrogen-bond donors (Lipinski definition) is 0. The number of para-hydroxylation sites is 1. The van der Waals surface area contributed by atoms with Gasteiger partial charge in [0.2, 0.25) is 0 Å². The molecule has 1 heterocycles. The van der Waals surface area contributed by atoms with Gasteiger partial charge in [-0.15, -0.1) is 0 Å². The molecular weight excluding hydrogens is 368 g/mol. The Morgan fingerprint density at radius 2 is 1.95 bits per heavy atom. The van der Waals surface area contributed by atoms with Crippen LogP contribution in [0.5, 0.6) is 5.75 Å². The summed E-state index contributed by atoms with van der Waals surface area (Å²) in [5.74, 6) is 1.79. The van der Waals surface area contributed by atoms with Crippen LogP contribution in [0.3, 0.4) is 0 Å². The summed E-state index contributed by atoms with van der Waals surface area (Å²) in [5, 5.41) is 2.05. The molecule has 1 atom stereocenters. The highest BCUT2D eigenvalue weighted by molar-refractivity contribution is 9.09. The molecule has 0 spiro atoms. The van der Waals surface area contributed by atoms with Gasteiger partial charge in [-0.1, -0.05) is 63.9 Å². The highest BCUT2D eigenvalue weighted by atomic mass is 79.9. The summed E-state index contributed by atoms with van der Waals surface area (Å²) in [6.45, 7) is 4.59. The van der Waals surface area contributed by atoms with Gasteiger partial charge in [-0.2, -0.15) is 0 Å². The number of halogens is 2. The minimum atomic E-state index is 0.293. The molecule has 1 aliphatic rings. The zero-order chi connectivity index (χ0) is 13.9. The zero-order valence-corrected chi connectivity index (χ0v) is 14.8. The smallest absolute Gasteiger partial charge is 0.123 e. The van der Waals surface area contributed by atoms with E-state index in [4.69, 9.17) is 4.74 Å². The van der Waals surface area contributed by atoms with Gasteiger partial charge in [0, 0.05) is 17.1 Å². The van der Waals surface area contributed by atoms with Crippen molar-refractivity contribution in [2.24, 2.45) is 11.3 Å². The molecular formula is C16H22Br2O. The maximum Gasteiger partial charge on any atom is 0.123 e. The second-order valence-electron chi connectivity index (χ2n) is 6.12. The highest BCUT2D eigenvalue weighted by Crippen LogP contribution is 2.40. The molecule has 19 heavy (non-hydrogen) atoms. The fourth-order valence-electron chi connectivity index (χ4n) is 3.05. The van der Waals surface area contributed by atoms with Gasteiger partial charge in [0.15, 0.2) is 0 Å². The van der Waals surface area contributed by atoms with E-state index in [0.717, 1.165) is 29.3 Å². The van der Waals surface area contributed by atoms with Crippen molar-refractivity contribution in [3.05, 3.63) is 29.8 Å². The quantitative estimate of drug-likeness (QED) is 0.607. The third kappa shape index (κ3) is 3.75. The predicted octanol–water partition coefficient (Wildman–Crippen LogP) is 5.20. The van der Waals surface area contributed by atoms with Crippen LogP contribution in [0.2, 0.25) is 0 Å². The van der Waals surface area contributed by atoms with E-state index in [2.05, 4.69) is 70.0 Å². The first kappa shape index (κ1) is 15.4.